The van der Waals surface area contributed by atoms with Gasteiger partial charge in [-0.2, -0.15) is 0 Å². The molecular weight excluding hydrogens is 263 g/mol. The molecule has 1 aromatic heterocycles. The number of thiophene rings is 1. The van der Waals surface area contributed by atoms with Gasteiger partial charge in [-0.25, -0.2) is 0 Å². The summed E-state index contributed by atoms with van der Waals surface area (Å²) in [6.07, 6.45) is -0.703. The summed E-state index contributed by atoms with van der Waals surface area (Å²) in [7, 11) is 0. The summed E-state index contributed by atoms with van der Waals surface area (Å²) in [6, 6.07) is 7.31. The van der Waals surface area contributed by atoms with Crippen LogP contribution in [0.3, 0.4) is 0 Å². The van der Waals surface area contributed by atoms with Crippen molar-refractivity contribution in [3.05, 3.63) is 55.7 Å². The standard InChI is InChI=1S/C12H10Cl2OS/c1-7-2-3-8(6-10(7)14)11(15)12-9(13)4-5-16-12/h2-6,11,15H,1H3. The normalized spacial score (nSPS) is 12.8. The van der Waals surface area contributed by atoms with E-state index in [0.717, 1.165) is 16.0 Å². The molecule has 1 unspecified atom stereocenters. The van der Waals surface area contributed by atoms with Crippen LogP contribution in [-0.2, 0) is 0 Å². The van der Waals surface area contributed by atoms with Gasteiger partial charge in [0.25, 0.3) is 0 Å². The maximum Gasteiger partial charge on any atom is 0.115 e. The van der Waals surface area contributed by atoms with Crippen molar-refractivity contribution in [2.45, 2.75) is 13.0 Å². The van der Waals surface area contributed by atoms with Crippen LogP contribution in [-0.4, -0.2) is 5.11 Å². The van der Waals surface area contributed by atoms with Gasteiger partial charge in [-0.1, -0.05) is 35.3 Å². The molecule has 0 saturated carbocycles. The second-order valence-electron chi connectivity index (χ2n) is 3.54. The van der Waals surface area contributed by atoms with Crippen LogP contribution in [0.5, 0.6) is 0 Å². The Balaban J connectivity index is 2.38. The average Bonchev–Trinajstić information content (AvgIpc) is 2.67. The molecule has 1 atom stereocenters. The van der Waals surface area contributed by atoms with Crippen LogP contribution in [0.15, 0.2) is 29.6 Å². The van der Waals surface area contributed by atoms with Crippen LogP contribution in [0.25, 0.3) is 0 Å². The second-order valence-corrected chi connectivity index (χ2v) is 5.31. The molecule has 16 heavy (non-hydrogen) atoms. The third-order valence-corrected chi connectivity index (χ3v) is 4.22. The Morgan fingerprint density at radius 2 is 1.94 bits per heavy atom. The maximum atomic E-state index is 10.1. The lowest BCUT2D eigenvalue weighted by Crippen LogP contribution is -1.97. The van der Waals surface area contributed by atoms with E-state index in [1.807, 2.05) is 24.4 Å². The molecule has 0 amide bonds. The van der Waals surface area contributed by atoms with E-state index in [2.05, 4.69) is 0 Å². The van der Waals surface area contributed by atoms with Crippen molar-refractivity contribution in [1.29, 1.82) is 0 Å². The molecule has 2 rings (SSSR count). The highest BCUT2D eigenvalue weighted by atomic mass is 35.5. The zero-order chi connectivity index (χ0) is 11.7. The maximum absolute atomic E-state index is 10.1. The largest absolute Gasteiger partial charge is 0.383 e. The fraction of sp³-hybridized carbons (Fsp3) is 0.167. The van der Waals surface area contributed by atoms with Crippen molar-refractivity contribution in [3.63, 3.8) is 0 Å². The molecule has 1 N–H and O–H groups in total. The third kappa shape index (κ3) is 2.25. The Kier molecular flexibility index (Phi) is 3.55. The zero-order valence-electron chi connectivity index (χ0n) is 8.58. The highest BCUT2D eigenvalue weighted by molar-refractivity contribution is 7.10. The molecule has 0 bridgehead atoms. The van der Waals surface area contributed by atoms with Gasteiger partial charge in [0.1, 0.15) is 6.10 Å². The Morgan fingerprint density at radius 3 is 2.50 bits per heavy atom. The second kappa shape index (κ2) is 4.76. The number of halogens is 2. The summed E-state index contributed by atoms with van der Waals surface area (Å²) in [4.78, 5) is 0.751. The van der Waals surface area contributed by atoms with Crippen molar-refractivity contribution >= 4 is 34.5 Å². The van der Waals surface area contributed by atoms with E-state index in [9.17, 15) is 5.11 Å². The van der Waals surface area contributed by atoms with Crippen LogP contribution < -0.4 is 0 Å². The molecule has 1 nitrogen and oxygen atoms in total. The molecule has 4 heteroatoms. The van der Waals surface area contributed by atoms with Gasteiger partial charge in [0.2, 0.25) is 0 Å². The molecule has 0 aliphatic carbocycles. The van der Waals surface area contributed by atoms with Crippen LogP contribution in [0.1, 0.15) is 22.1 Å². The quantitative estimate of drug-likeness (QED) is 0.857. The van der Waals surface area contributed by atoms with Crippen molar-refractivity contribution in [3.8, 4) is 0 Å². The minimum Gasteiger partial charge on any atom is -0.383 e. The molecule has 1 heterocycles. The van der Waals surface area contributed by atoms with E-state index in [-0.39, 0.29) is 0 Å². The SMILES string of the molecule is Cc1ccc(C(O)c2sccc2Cl)cc1Cl. The predicted molar refractivity (Wildman–Crippen MR) is 69.6 cm³/mol. The number of aliphatic hydroxyl groups is 1. The monoisotopic (exact) mass is 272 g/mol. The molecule has 0 radical (unpaired) electrons. The van der Waals surface area contributed by atoms with Crippen molar-refractivity contribution in [2.75, 3.05) is 0 Å². The molecule has 2 aromatic rings. The first kappa shape index (κ1) is 11.9. The van der Waals surface area contributed by atoms with E-state index in [0.29, 0.717) is 10.0 Å². The van der Waals surface area contributed by atoms with Crippen molar-refractivity contribution < 1.29 is 5.11 Å². The van der Waals surface area contributed by atoms with E-state index in [1.165, 1.54) is 11.3 Å². The Bertz CT molecular complexity index is 507. The van der Waals surface area contributed by atoms with Gasteiger partial charge in [0.05, 0.1) is 9.90 Å². The molecule has 0 aliphatic heterocycles. The highest BCUT2D eigenvalue weighted by Gasteiger charge is 2.15. The first-order chi connectivity index (χ1) is 7.59. The number of aryl methyl sites for hydroxylation is 1. The fourth-order valence-electron chi connectivity index (χ4n) is 1.43. The van der Waals surface area contributed by atoms with Crippen LogP contribution in [0, 0.1) is 6.92 Å². The summed E-state index contributed by atoms with van der Waals surface area (Å²) in [5.41, 5.74) is 1.76. The van der Waals surface area contributed by atoms with Gasteiger partial charge >= 0.3 is 0 Å². The first-order valence-electron chi connectivity index (χ1n) is 4.76. The van der Waals surface area contributed by atoms with E-state index in [1.54, 1.807) is 12.1 Å². The lowest BCUT2D eigenvalue weighted by molar-refractivity contribution is 0.224. The zero-order valence-corrected chi connectivity index (χ0v) is 10.9. The number of hydrogen-bond acceptors (Lipinski definition) is 2. The highest BCUT2D eigenvalue weighted by Crippen LogP contribution is 2.33. The lowest BCUT2D eigenvalue weighted by atomic mass is 10.1. The van der Waals surface area contributed by atoms with Crippen LogP contribution >= 0.6 is 34.5 Å². The van der Waals surface area contributed by atoms with E-state index >= 15 is 0 Å². The summed E-state index contributed by atoms with van der Waals surface area (Å²) >= 11 is 13.4. The molecular formula is C12H10Cl2OS. The minimum atomic E-state index is -0.703. The van der Waals surface area contributed by atoms with Crippen molar-refractivity contribution in [1.82, 2.24) is 0 Å². The predicted octanol–water partition coefficient (Wildman–Crippen LogP) is 4.45. The van der Waals surface area contributed by atoms with Gasteiger partial charge < -0.3 is 5.11 Å². The number of aliphatic hydroxyl groups excluding tert-OH is 1. The summed E-state index contributed by atoms with van der Waals surface area (Å²) in [6.45, 7) is 1.93. The van der Waals surface area contributed by atoms with Crippen molar-refractivity contribution in [2.24, 2.45) is 0 Å². The number of rotatable bonds is 2. The number of hydrogen-bond donors (Lipinski definition) is 1. The molecule has 0 spiro atoms. The first-order valence-corrected chi connectivity index (χ1v) is 6.40. The molecule has 0 fully saturated rings. The summed E-state index contributed by atoms with van der Waals surface area (Å²) < 4.78 is 0. The molecule has 0 saturated heterocycles. The van der Waals surface area contributed by atoms with Gasteiger partial charge in [0.15, 0.2) is 0 Å². The Hall–Kier alpha value is -0.540. The van der Waals surface area contributed by atoms with Gasteiger partial charge in [-0.15, -0.1) is 11.3 Å². The average molecular weight is 273 g/mol. The van der Waals surface area contributed by atoms with E-state index < -0.39 is 6.10 Å². The molecule has 1 aromatic carbocycles. The molecule has 84 valence electrons. The summed E-state index contributed by atoms with van der Waals surface area (Å²) in [5, 5.41) is 13.3. The topological polar surface area (TPSA) is 20.2 Å². The van der Waals surface area contributed by atoms with Gasteiger partial charge in [-0.05, 0) is 35.6 Å². The fourth-order valence-corrected chi connectivity index (χ4v) is 2.79. The van der Waals surface area contributed by atoms with Crippen LogP contribution in [0.2, 0.25) is 10.0 Å². The molecule has 0 aliphatic rings. The van der Waals surface area contributed by atoms with E-state index in [4.69, 9.17) is 23.2 Å². The van der Waals surface area contributed by atoms with Gasteiger partial charge in [-0.3, -0.25) is 0 Å². The lowest BCUT2D eigenvalue weighted by Gasteiger charge is -2.11. The minimum absolute atomic E-state index is 0.592. The van der Waals surface area contributed by atoms with Gasteiger partial charge in [0, 0.05) is 5.02 Å². The Morgan fingerprint density at radius 1 is 1.19 bits per heavy atom. The smallest absolute Gasteiger partial charge is 0.115 e. The number of benzene rings is 1. The Labute approximate surface area is 108 Å². The third-order valence-electron chi connectivity index (χ3n) is 2.40. The summed E-state index contributed by atoms with van der Waals surface area (Å²) in [5.74, 6) is 0. The van der Waals surface area contributed by atoms with Crippen LogP contribution in [0.4, 0.5) is 0 Å².